The van der Waals surface area contributed by atoms with Gasteiger partial charge in [-0.25, -0.2) is 4.79 Å². The SMILES string of the molecule is NCC(=O)NC(Cc1c[nH]c2ccccc12)C(=O)NC(CCC(=O)O)C(=O)NC(CS)C(=O)O. The Labute approximate surface area is 200 Å². The maximum Gasteiger partial charge on any atom is 0.327 e. The lowest BCUT2D eigenvalue weighted by molar-refractivity contribution is -0.142. The Balaban J connectivity index is 2.24. The molecule has 184 valence electrons. The molecule has 0 saturated carbocycles. The number of hydrogen-bond acceptors (Lipinski definition) is 7. The van der Waals surface area contributed by atoms with Crippen molar-refractivity contribution in [2.45, 2.75) is 37.4 Å². The number of aromatic nitrogens is 1. The van der Waals surface area contributed by atoms with Crippen LogP contribution in [0.1, 0.15) is 18.4 Å². The zero-order chi connectivity index (χ0) is 25.3. The largest absolute Gasteiger partial charge is 0.481 e. The van der Waals surface area contributed by atoms with Gasteiger partial charge in [0, 0.05) is 35.7 Å². The van der Waals surface area contributed by atoms with Crippen LogP contribution in [0.25, 0.3) is 10.9 Å². The molecule has 0 fully saturated rings. The summed E-state index contributed by atoms with van der Waals surface area (Å²) < 4.78 is 0. The third kappa shape index (κ3) is 7.49. The van der Waals surface area contributed by atoms with Crippen molar-refractivity contribution >= 4 is 53.2 Å². The molecule has 12 nitrogen and oxygen atoms in total. The molecule has 0 aliphatic heterocycles. The fourth-order valence-corrected chi connectivity index (χ4v) is 3.50. The molecule has 0 aliphatic rings. The molecule has 0 bridgehead atoms. The number of aliphatic carboxylic acids is 2. The molecule has 3 atom stereocenters. The molecule has 0 radical (unpaired) electrons. The standard InChI is InChI=1S/C21H27N5O7S/c22-8-17(27)24-15(7-11-9-23-13-4-2-1-3-12(11)13)20(31)25-14(5-6-18(28)29)19(30)26-16(10-34)21(32)33/h1-4,9,14-16,23,34H,5-8,10,22H2,(H,24,27)(H,25,31)(H,26,30)(H,28,29)(H,32,33). The molecule has 0 spiro atoms. The fourth-order valence-electron chi connectivity index (χ4n) is 3.25. The number of fused-ring (bicyclic) bond motifs is 1. The van der Waals surface area contributed by atoms with Crippen molar-refractivity contribution in [2.75, 3.05) is 12.3 Å². The molecule has 1 aromatic heterocycles. The zero-order valence-corrected chi connectivity index (χ0v) is 19.0. The summed E-state index contributed by atoms with van der Waals surface area (Å²) in [5.41, 5.74) is 6.92. The van der Waals surface area contributed by atoms with Crippen molar-refractivity contribution in [2.24, 2.45) is 5.73 Å². The number of carboxylic acids is 2. The minimum atomic E-state index is -1.36. The van der Waals surface area contributed by atoms with Crippen molar-refractivity contribution in [3.63, 3.8) is 0 Å². The molecule has 0 aliphatic carbocycles. The minimum absolute atomic E-state index is 0.0588. The van der Waals surface area contributed by atoms with Gasteiger partial charge in [0.15, 0.2) is 0 Å². The first kappa shape index (κ1) is 26.7. The normalized spacial score (nSPS) is 13.5. The first-order chi connectivity index (χ1) is 16.2. The average molecular weight is 494 g/mol. The van der Waals surface area contributed by atoms with Crippen molar-refractivity contribution in [1.29, 1.82) is 0 Å². The molecule has 1 aromatic carbocycles. The highest BCUT2D eigenvalue weighted by Crippen LogP contribution is 2.19. The highest BCUT2D eigenvalue weighted by Gasteiger charge is 2.30. The summed E-state index contributed by atoms with van der Waals surface area (Å²) >= 11 is 3.87. The second-order valence-corrected chi connectivity index (χ2v) is 7.83. The molecular weight excluding hydrogens is 466 g/mol. The number of para-hydroxylation sites is 1. The van der Waals surface area contributed by atoms with Gasteiger partial charge in [0.1, 0.15) is 18.1 Å². The quantitative estimate of drug-likeness (QED) is 0.162. The number of thiol groups is 1. The number of hydrogen-bond donors (Lipinski definition) is 8. The summed E-state index contributed by atoms with van der Waals surface area (Å²) in [5, 5.41) is 26.1. The highest BCUT2D eigenvalue weighted by atomic mass is 32.1. The van der Waals surface area contributed by atoms with E-state index in [1.807, 2.05) is 24.3 Å². The van der Waals surface area contributed by atoms with Crippen LogP contribution in [0, 0.1) is 0 Å². The van der Waals surface area contributed by atoms with Crippen LogP contribution >= 0.6 is 12.6 Å². The Hall–Kier alpha value is -3.58. The molecule has 2 aromatic rings. The van der Waals surface area contributed by atoms with Crippen LogP contribution in [-0.2, 0) is 30.4 Å². The number of H-pyrrole nitrogens is 1. The predicted molar refractivity (Wildman–Crippen MR) is 125 cm³/mol. The number of nitrogens with two attached hydrogens (primary N) is 1. The Morgan fingerprint density at radius 3 is 2.24 bits per heavy atom. The van der Waals surface area contributed by atoms with Crippen molar-refractivity contribution < 1.29 is 34.2 Å². The smallest absolute Gasteiger partial charge is 0.327 e. The Morgan fingerprint density at radius 2 is 1.62 bits per heavy atom. The van der Waals surface area contributed by atoms with Crippen molar-refractivity contribution in [1.82, 2.24) is 20.9 Å². The number of nitrogens with one attached hydrogen (secondary N) is 4. The van der Waals surface area contributed by atoms with Gasteiger partial charge in [0.05, 0.1) is 6.54 Å². The van der Waals surface area contributed by atoms with Crippen LogP contribution in [0.4, 0.5) is 0 Å². The summed E-state index contributed by atoms with van der Waals surface area (Å²) in [6.07, 6.45) is 0.997. The molecule has 3 amide bonds. The van der Waals surface area contributed by atoms with Crippen LogP contribution in [0.3, 0.4) is 0 Å². The lowest BCUT2D eigenvalue weighted by Crippen LogP contribution is -2.57. The van der Waals surface area contributed by atoms with E-state index in [-0.39, 0.29) is 25.1 Å². The van der Waals surface area contributed by atoms with Gasteiger partial charge >= 0.3 is 11.9 Å². The average Bonchev–Trinajstić information content (AvgIpc) is 3.21. The monoisotopic (exact) mass is 493 g/mol. The van der Waals surface area contributed by atoms with Gasteiger partial charge in [0.25, 0.3) is 0 Å². The topological polar surface area (TPSA) is 204 Å². The molecular formula is C21H27N5O7S. The van der Waals surface area contributed by atoms with E-state index in [1.165, 1.54) is 0 Å². The molecule has 2 rings (SSSR count). The third-order valence-electron chi connectivity index (χ3n) is 5.01. The highest BCUT2D eigenvalue weighted by molar-refractivity contribution is 7.80. The van der Waals surface area contributed by atoms with Crippen LogP contribution in [0.2, 0.25) is 0 Å². The van der Waals surface area contributed by atoms with Crippen molar-refractivity contribution in [3.8, 4) is 0 Å². The number of rotatable bonds is 13. The van der Waals surface area contributed by atoms with Gasteiger partial charge in [-0.05, 0) is 18.1 Å². The Morgan fingerprint density at radius 1 is 0.971 bits per heavy atom. The first-order valence-electron chi connectivity index (χ1n) is 10.4. The predicted octanol–water partition coefficient (Wildman–Crippen LogP) is -0.997. The minimum Gasteiger partial charge on any atom is -0.481 e. The number of benzene rings is 1. The van der Waals surface area contributed by atoms with E-state index in [4.69, 9.17) is 15.9 Å². The summed E-state index contributed by atoms with van der Waals surface area (Å²) in [7, 11) is 0. The van der Waals surface area contributed by atoms with E-state index >= 15 is 0 Å². The summed E-state index contributed by atoms with van der Waals surface area (Å²) in [6.45, 7) is -0.372. The number of amides is 3. The second kappa shape index (κ2) is 12.6. The molecule has 34 heavy (non-hydrogen) atoms. The molecule has 8 N–H and O–H groups in total. The summed E-state index contributed by atoms with van der Waals surface area (Å²) in [6, 6.07) is 3.52. The molecule has 0 saturated heterocycles. The number of carboxylic acid groups (broad SMARTS) is 2. The molecule has 3 unspecified atom stereocenters. The van der Waals surface area contributed by atoms with Gasteiger partial charge in [-0.1, -0.05) is 18.2 Å². The van der Waals surface area contributed by atoms with Crippen LogP contribution in [0.5, 0.6) is 0 Å². The van der Waals surface area contributed by atoms with E-state index < -0.39 is 54.2 Å². The van der Waals surface area contributed by atoms with Gasteiger partial charge in [-0.15, -0.1) is 0 Å². The number of aromatic amines is 1. The number of carbonyl (C=O) groups excluding carboxylic acids is 3. The number of carbonyl (C=O) groups is 5. The van der Waals surface area contributed by atoms with E-state index in [0.29, 0.717) is 0 Å². The van der Waals surface area contributed by atoms with Gasteiger partial charge < -0.3 is 36.9 Å². The lowest BCUT2D eigenvalue weighted by Gasteiger charge is -2.24. The van der Waals surface area contributed by atoms with E-state index in [2.05, 4.69) is 33.6 Å². The van der Waals surface area contributed by atoms with Gasteiger partial charge in [-0.3, -0.25) is 19.2 Å². The first-order valence-corrected chi connectivity index (χ1v) is 11.0. The van der Waals surface area contributed by atoms with Gasteiger partial charge in [0.2, 0.25) is 17.7 Å². The zero-order valence-electron chi connectivity index (χ0n) is 18.1. The van der Waals surface area contributed by atoms with Gasteiger partial charge in [-0.2, -0.15) is 12.6 Å². The van der Waals surface area contributed by atoms with Crippen LogP contribution < -0.4 is 21.7 Å². The Kier molecular flexibility index (Phi) is 9.89. The third-order valence-corrected chi connectivity index (χ3v) is 5.38. The van der Waals surface area contributed by atoms with E-state index in [1.54, 1.807) is 6.20 Å². The molecule has 13 heteroatoms. The van der Waals surface area contributed by atoms with E-state index in [9.17, 15) is 24.0 Å². The second-order valence-electron chi connectivity index (χ2n) is 7.46. The van der Waals surface area contributed by atoms with Crippen LogP contribution in [0.15, 0.2) is 30.5 Å². The van der Waals surface area contributed by atoms with Crippen LogP contribution in [-0.4, -0.2) is 75.3 Å². The lowest BCUT2D eigenvalue weighted by atomic mass is 10.0. The maximum absolute atomic E-state index is 13.1. The maximum atomic E-state index is 13.1. The Bertz CT molecular complexity index is 1060. The van der Waals surface area contributed by atoms with Crippen molar-refractivity contribution in [3.05, 3.63) is 36.0 Å². The van der Waals surface area contributed by atoms with E-state index in [0.717, 1.165) is 16.5 Å². The molecule has 1 heterocycles. The fraction of sp³-hybridized carbons (Fsp3) is 0.381. The summed E-state index contributed by atoms with van der Waals surface area (Å²) in [5.74, 6) is -4.99. The summed E-state index contributed by atoms with van der Waals surface area (Å²) in [4.78, 5) is 63.0.